The van der Waals surface area contributed by atoms with Gasteiger partial charge in [-0.2, -0.15) is 0 Å². The van der Waals surface area contributed by atoms with Gasteiger partial charge in [0.1, 0.15) is 5.54 Å². The Balaban J connectivity index is 1.75. The predicted molar refractivity (Wildman–Crippen MR) is 54.2 cm³/mol. The van der Waals surface area contributed by atoms with Crippen LogP contribution in [0.1, 0.15) is 25.7 Å². The van der Waals surface area contributed by atoms with Crippen LogP contribution < -0.4 is 0 Å². The van der Waals surface area contributed by atoms with E-state index in [1.54, 1.807) is 7.11 Å². The van der Waals surface area contributed by atoms with E-state index >= 15 is 0 Å². The molecule has 2 aliphatic carbocycles. The zero-order valence-corrected chi connectivity index (χ0v) is 9.16. The van der Waals surface area contributed by atoms with Crippen LogP contribution in [0.3, 0.4) is 0 Å². The normalized spacial score (nSPS) is 48.9. The summed E-state index contributed by atoms with van der Waals surface area (Å²) in [6, 6.07) is 0. The smallest absolute Gasteiger partial charge is 0.326 e. The topological polar surface area (TPSA) is 29.5 Å². The van der Waals surface area contributed by atoms with Crippen LogP contribution in [0.2, 0.25) is 0 Å². The number of nitrogens with zero attached hydrogens (tertiary/aromatic N) is 1. The summed E-state index contributed by atoms with van der Waals surface area (Å²) in [5, 5.41) is 0. The van der Waals surface area contributed by atoms with Gasteiger partial charge in [0.05, 0.1) is 7.11 Å². The van der Waals surface area contributed by atoms with Crippen molar-refractivity contribution in [3.05, 3.63) is 0 Å². The minimum absolute atomic E-state index is 0.0521. The second-order valence-electron chi connectivity index (χ2n) is 6.08. The zero-order valence-electron chi connectivity index (χ0n) is 9.16. The highest BCUT2D eigenvalue weighted by Gasteiger charge is 2.73. The van der Waals surface area contributed by atoms with Crippen LogP contribution in [0.25, 0.3) is 0 Å². The second-order valence-corrected chi connectivity index (χ2v) is 6.08. The summed E-state index contributed by atoms with van der Waals surface area (Å²) in [6.45, 7) is 2.32. The van der Waals surface area contributed by atoms with Crippen molar-refractivity contribution in [1.29, 1.82) is 0 Å². The van der Waals surface area contributed by atoms with Gasteiger partial charge in [0.25, 0.3) is 0 Å². The predicted octanol–water partition coefficient (Wildman–Crippen LogP) is 1.03. The first-order valence-electron chi connectivity index (χ1n) is 6.04. The Labute approximate surface area is 89.8 Å². The van der Waals surface area contributed by atoms with E-state index in [-0.39, 0.29) is 11.5 Å². The summed E-state index contributed by atoms with van der Waals surface area (Å²) in [4.78, 5) is 14.6. The summed E-state index contributed by atoms with van der Waals surface area (Å²) in [7, 11) is 1.54. The zero-order chi connectivity index (χ0) is 10.3. The fourth-order valence-electron chi connectivity index (χ4n) is 4.24. The van der Waals surface area contributed by atoms with Crippen molar-refractivity contribution in [2.45, 2.75) is 31.2 Å². The molecule has 0 aromatic carbocycles. The molecule has 4 rings (SSSR count). The number of fused-ring (bicyclic) bond motifs is 3. The summed E-state index contributed by atoms with van der Waals surface area (Å²) >= 11 is 0. The number of carbonyl (C=O) groups excluding carboxylic acids is 1. The molecule has 3 heteroatoms. The van der Waals surface area contributed by atoms with E-state index in [0.29, 0.717) is 11.3 Å². The molecule has 2 saturated heterocycles. The van der Waals surface area contributed by atoms with Crippen LogP contribution in [-0.2, 0) is 9.53 Å². The molecule has 2 aliphatic heterocycles. The number of rotatable bonds is 1. The average molecular weight is 207 g/mol. The van der Waals surface area contributed by atoms with Crippen molar-refractivity contribution < 1.29 is 9.53 Å². The van der Waals surface area contributed by atoms with Gasteiger partial charge < -0.3 is 4.74 Å². The van der Waals surface area contributed by atoms with Gasteiger partial charge in [0, 0.05) is 13.1 Å². The van der Waals surface area contributed by atoms with E-state index in [9.17, 15) is 4.79 Å². The number of hydrogen-bond donors (Lipinski definition) is 0. The third-order valence-electron chi connectivity index (χ3n) is 5.22. The minimum atomic E-state index is -0.185. The van der Waals surface area contributed by atoms with Crippen LogP contribution in [0, 0.1) is 17.3 Å². The largest absolute Gasteiger partial charge is 0.468 e. The molecule has 0 bridgehead atoms. The molecule has 0 N–H and O–H groups in total. The standard InChI is InChI=1S/C12H17NO2/c1-15-10(14)12-6-11(2-3-11)7-13(12)5-8-4-9(8)12/h8-9H,2-7H2,1H3/t8-,9-,12+/m1/s1. The van der Waals surface area contributed by atoms with Crippen LogP contribution in [0.4, 0.5) is 0 Å². The first-order chi connectivity index (χ1) is 7.20. The summed E-state index contributed by atoms with van der Waals surface area (Å²) < 4.78 is 5.08. The molecule has 3 nitrogen and oxygen atoms in total. The maximum absolute atomic E-state index is 12.1. The molecule has 2 heterocycles. The van der Waals surface area contributed by atoms with Crippen molar-refractivity contribution in [3.63, 3.8) is 0 Å². The number of methoxy groups -OCH3 is 1. The van der Waals surface area contributed by atoms with Gasteiger partial charge in [0.2, 0.25) is 0 Å². The average Bonchev–Trinajstić information content (AvgIpc) is 3.06. The summed E-state index contributed by atoms with van der Waals surface area (Å²) in [5.74, 6) is 1.49. The number of carbonyl (C=O) groups is 1. The van der Waals surface area contributed by atoms with Crippen LogP contribution in [-0.4, -0.2) is 36.6 Å². The molecule has 15 heavy (non-hydrogen) atoms. The van der Waals surface area contributed by atoms with Crippen molar-refractivity contribution in [3.8, 4) is 0 Å². The molecule has 0 amide bonds. The summed E-state index contributed by atoms with van der Waals surface area (Å²) in [6.07, 6.45) is 5.02. The van der Waals surface area contributed by atoms with E-state index in [1.165, 1.54) is 19.3 Å². The van der Waals surface area contributed by atoms with E-state index in [4.69, 9.17) is 4.74 Å². The van der Waals surface area contributed by atoms with Gasteiger partial charge in [-0.1, -0.05) is 0 Å². The molecule has 82 valence electrons. The molecule has 0 radical (unpaired) electrons. The molecule has 3 atom stereocenters. The number of piperidine rings is 1. The second kappa shape index (κ2) is 2.24. The maximum Gasteiger partial charge on any atom is 0.326 e. The fourth-order valence-corrected chi connectivity index (χ4v) is 4.24. The Hall–Kier alpha value is -0.570. The van der Waals surface area contributed by atoms with Gasteiger partial charge in [-0.05, 0) is 42.9 Å². The van der Waals surface area contributed by atoms with Crippen LogP contribution >= 0.6 is 0 Å². The highest BCUT2D eigenvalue weighted by molar-refractivity contribution is 5.83. The lowest BCUT2D eigenvalue weighted by molar-refractivity contribution is -0.153. The first kappa shape index (κ1) is 8.57. The SMILES string of the molecule is COC(=O)[C@@]12CC3(CC3)CN1C[C@H]1C[C@H]12. The van der Waals surface area contributed by atoms with Crippen molar-refractivity contribution >= 4 is 5.97 Å². The van der Waals surface area contributed by atoms with E-state index in [0.717, 1.165) is 25.4 Å². The third kappa shape index (κ3) is 0.850. The van der Waals surface area contributed by atoms with E-state index in [2.05, 4.69) is 4.90 Å². The molecular formula is C12H17NO2. The quantitative estimate of drug-likeness (QED) is 0.602. The highest BCUT2D eigenvalue weighted by atomic mass is 16.5. The van der Waals surface area contributed by atoms with Crippen LogP contribution in [0.5, 0.6) is 0 Å². The molecule has 2 saturated carbocycles. The molecular weight excluding hydrogens is 190 g/mol. The van der Waals surface area contributed by atoms with Gasteiger partial charge in [-0.15, -0.1) is 0 Å². The number of ether oxygens (including phenoxy) is 1. The molecule has 4 fully saturated rings. The minimum Gasteiger partial charge on any atom is -0.468 e. The Bertz CT molecular complexity index is 350. The van der Waals surface area contributed by atoms with Gasteiger partial charge in [-0.25, -0.2) is 0 Å². The molecule has 0 aromatic heterocycles. The van der Waals surface area contributed by atoms with Crippen molar-refractivity contribution in [1.82, 2.24) is 4.90 Å². The monoisotopic (exact) mass is 207 g/mol. The Morgan fingerprint density at radius 1 is 1.47 bits per heavy atom. The van der Waals surface area contributed by atoms with Crippen LogP contribution in [0.15, 0.2) is 0 Å². The Morgan fingerprint density at radius 2 is 2.27 bits per heavy atom. The number of hydrogen-bond acceptors (Lipinski definition) is 3. The molecule has 1 spiro atoms. The first-order valence-corrected chi connectivity index (χ1v) is 6.04. The molecule has 4 aliphatic rings. The maximum atomic E-state index is 12.1. The Kier molecular flexibility index (Phi) is 1.28. The highest BCUT2D eigenvalue weighted by Crippen LogP contribution is 2.68. The lowest BCUT2D eigenvalue weighted by Gasteiger charge is -2.31. The van der Waals surface area contributed by atoms with Gasteiger partial charge in [-0.3, -0.25) is 9.69 Å². The van der Waals surface area contributed by atoms with E-state index in [1.807, 2.05) is 0 Å². The molecule has 0 unspecified atom stereocenters. The van der Waals surface area contributed by atoms with E-state index < -0.39 is 0 Å². The number of esters is 1. The van der Waals surface area contributed by atoms with Crippen molar-refractivity contribution in [2.24, 2.45) is 17.3 Å². The van der Waals surface area contributed by atoms with Gasteiger partial charge in [0.15, 0.2) is 0 Å². The third-order valence-corrected chi connectivity index (χ3v) is 5.22. The lowest BCUT2D eigenvalue weighted by atomic mass is 9.86. The van der Waals surface area contributed by atoms with Gasteiger partial charge >= 0.3 is 5.97 Å². The molecule has 0 aromatic rings. The fraction of sp³-hybridized carbons (Fsp3) is 0.917. The lowest BCUT2D eigenvalue weighted by Crippen LogP contribution is -2.49. The summed E-state index contributed by atoms with van der Waals surface area (Å²) in [5.41, 5.74) is 0.331. The Morgan fingerprint density at radius 3 is 2.93 bits per heavy atom. The van der Waals surface area contributed by atoms with Crippen molar-refractivity contribution in [2.75, 3.05) is 20.2 Å².